The van der Waals surface area contributed by atoms with Crippen molar-refractivity contribution in [2.24, 2.45) is 0 Å². The molecule has 1 aromatic heterocycles. The standard InChI is InChI=1S/C21H26N6OS/c1-17-5-3-4-6-18(17)15-24-11-13-25(14-12-24)16-26-21(29)27(23-22-26)19-7-9-20(28-2)10-8-19/h3-10H,11-16H2,1-2H3/p+2. The number of aryl methyl sites for hydroxylation is 1. The van der Waals surface area contributed by atoms with Gasteiger partial charge in [-0.15, -0.1) is 0 Å². The van der Waals surface area contributed by atoms with Crippen molar-refractivity contribution in [3.05, 3.63) is 64.4 Å². The Morgan fingerprint density at radius 1 is 0.966 bits per heavy atom. The van der Waals surface area contributed by atoms with Crippen LogP contribution in [0.25, 0.3) is 5.69 Å². The minimum absolute atomic E-state index is 0.623. The zero-order chi connectivity index (χ0) is 20.2. The minimum Gasteiger partial charge on any atom is -0.497 e. The van der Waals surface area contributed by atoms with E-state index in [1.165, 1.54) is 16.0 Å². The lowest BCUT2D eigenvalue weighted by atomic mass is 10.1. The maximum absolute atomic E-state index is 5.61. The average molecular weight is 413 g/mol. The van der Waals surface area contributed by atoms with Crippen molar-refractivity contribution in [1.29, 1.82) is 0 Å². The van der Waals surface area contributed by atoms with Gasteiger partial charge >= 0.3 is 0 Å². The summed E-state index contributed by atoms with van der Waals surface area (Å²) in [6.07, 6.45) is 0. The lowest BCUT2D eigenvalue weighted by molar-refractivity contribution is -1.03. The summed E-state index contributed by atoms with van der Waals surface area (Å²) < 4.78 is 9.37. The first kappa shape index (κ1) is 19.8. The van der Waals surface area contributed by atoms with E-state index in [1.807, 2.05) is 28.9 Å². The highest BCUT2D eigenvalue weighted by Gasteiger charge is 2.24. The van der Waals surface area contributed by atoms with Crippen LogP contribution in [0, 0.1) is 11.7 Å². The van der Waals surface area contributed by atoms with Gasteiger partial charge in [-0.05, 0) is 59.4 Å². The third-order valence-corrected chi connectivity index (χ3v) is 6.08. The molecule has 0 unspecified atom stereocenters. The average Bonchev–Trinajstić information content (AvgIpc) is 3.11. The number of piperazine rings is 1. The second-order valence-corrected chi connectivity index (χ2v) is 8.00. The summed E-state index contributed by atoms with van der Waals surface area (Å²) in [6, 6.07) is 16.4. The first-order valence-electron chi connectivity index (χ1n) is 10.0. The van der Waals surface area contributed by atoms with Gasteiger partial charge in [0.2, 0.25) is 4.77 Å². The van der Waals surface area contributed by atoms with Crippen LogP contribution in [0.3, 0.4) is 0 Å². The third-order valence-electron chi connectivity index (χ3n) is 5.70. The van der Waals surface area contributed by atoms with E-state index in [0.29, 0.717) is 4.77 Å². The highest BCUT2D eigenvalue weighted by Crippen LogP contribution is 2.14. The van der Waals surface area contributed by atoms with Crippen molar-refractivity contribution in [2.45, 2.75) is 20.1 Å². The second-order valence-electron chi connectivity index (χ2n) is 7.63. The predicted octanol–water partition coefficient (Wildman–Crippen LogP) is 0.0564. The number of rotatable bonds is 6. The SMILES string of the molecule is COc1ccc(-n2nnn(C[NH+]3CC[NH+](Cc4ccccc4C)CC3)c2=S)cc1. The van der Waals surface area contributed by atoms with E-state index in [0.717, 1.165) is 50.8 Å². The molecule has 0 aliphatic carbocycles. The lowest BCUT2D eigenvalue weighted by Gasteiger charge is -2.29. The Morgan fingerprint density at radius 3 is 2.34 bits per heavy atom. The lowest BCUT2D eigenvalue weighted by Crippen LogP contribution is -3.27. The Labute approximate surface area is 176 Å². The van der Waals surface area contributed by atoms with Crippen molar-refractivity contribution in [2.75, 3.05) is 33.3 Å². The van der Waals surface area contributed by atoms with Gasteiger partial charge < -0.3 is 14.5 Å². The van der Waals surface area contributed by atoms with Crippen LogP contribution in [-0.4, -0.2) is 53.1 Å². The predicted molar refractivity (Wildman–Crippen MR) is 113 cm³/mol. The molecule has 8 heteroatoms. The molecule has 7 nitrogen and oxygen atoms in total. The molecule has 29 heavy (non-hydrogen) atoms. The molecular weight excluding hydrogens is 384 g/mol. The maximum Gasteiger partial charge on any atom is 0.225 e. The smallest absolute Gasteiger partial charge is 0.225 e. The topological polar surface area (TPSA) is 53.7 Å². The summed E-state index contributed by atoms with van der Waals surface area (Å²) in [5.74, 6) is 0.808. The van der Waals surface area contributed by atoms with E-state index in [2.05, 4.69) is 41.6 Å². The van der Waals surface area contributed by atoms with Crippen LogP contribution in [0.15, 0.2) is 48.5 Å². The molecule has 1 fully saturated rings. The monoisotopic (exact) mass is 412 g/mol. The first-order chi connectivity index (χ1) is 14.1. The highest BCUT2D eigenvalue weighted by molar-refractivity contribution is 7.71. The molecule has 0 bridgehead atoms. The number of methoxy groups -OCH3 is 1. The summed E-state index contributed by atoms with van der Waals surface area (Å²) in [5.41, 5.74) is 3.73. The van der Waals surface area contributed by atoms with Crippen LogP contribution >= 0.6 is 12.2 Å². The van der Waals surface area contributed by atoms with Gasteiger partial charge in [-0.25, -0.2) is 0 Å². The number of benzene rings is 2. The molecule has 3 aromatic rings. The maximum atomic E-state index is 5.61. The quantitative estimate of drug-likeness (QED) is 0.562. The molecule has 152 valence electrons. The molecule has 0 spiro atoms. The van der Waals surface area contributed by atoms with Crippen LogP contribution in [0.1, 0.15) is 11.1 Å². The fraction of sp³-hybridized carbons (Fsp3) is 0.381. The third kappa shape index (κ3) is 4.55. The number of quaternary nitrogens is 2. The molecule has 1 saturated heterocycles. The van der Waals surface area contributed by atoms with Gasteiger partial charge in [0.25, 0.3) is 0 Å². The summed E-state index contributed by atoms with van der Waals surface area (Å²) in [4.78, 5) is 3.14. The highest BCUT2D eigenvalue weighted by atomic mass is 32.1. The first-order valence-corrected chi connectivity index (χ1v) is 10.4. The number of hydrogen-bond donors (Lipinski definition) is 2. The van der Waals surface area contributed by atoms with Gasteiger partial charge in [0.05, 0.1) is 12.8 Å². The molecule has 2 N–H and O–H groups in total. The van der Waals surface area contributed by atoms with Crippen molar-refractivity contribution in [1.82, 2.24) is 19.8 Å². The van der Waals surface area contributed by atoms with E-state index in [1.54, 1.807) is 16.7 Å². The van der Waals surface area contributed by atoms with Crippen molar-refractivity contribution in [3.63, 3.8) is 0 Å². The van der Waals surface area contributed by atoms with E-state index >= 15 is 0 Å². The Kier molecular flexibility index (Phi) is 6.03. The van der Waals surface area contributed by atoms with Gasteiger partial charge in [-0.2, -0.15) is 9.36 Å². The van der Waals surface area contributed by atoms with Crippen LogP contribution < -0.4 is 14.5 Å². The van der Waals surface area contributed by atoms with E-state index in [9.17, 15) is 0 Å². The molecule has 0 radical (unpaired) electrons. The molecule has 0 saturated carbocycles. The Balaban J connectivity index is 1.35. The summed E-state index contributed by atoms with van der Waals surface area (Å²) in [5, 5.41) is 8.55. The van der Waals surface area contributed by atoms with Crippen molar-refractivity contribution >= 4 is 12.2 Å². The van der Waals surface area contributed by atoms with Crippen LogP contribution in [-0.2, 0) is 13.2 Å². The Hall–Kier alpha value is -2.55. The van der Waals surface area contributed by atoms with Gasteiger partial charge in [0.15, 0.2) is 6.67 Å². The number of nitrogens with zero attached hydrogens (tertiary/aromatic N) is 4. The second kappa shape index (κ2) is 8.86. The zero-order valence-corrected chi connectivity index (χ0v) is 17.8. The van der Waals surface area contributed by atoms with Gasteiger partial charge in [0, 0.05) is 5.56 Å². The number of ether oxygens (including phenoxy) is 1. The minimum atomic E-state index is 0.623. The zero-order valence-electron chi connectivity index (χ0n) is 17.0. The fourth-order valence-corrected chi connectivity index (χ4v) is 4.08. The van der Waals surface area contributed by atoms with Gasteiger partial charge in [-0.3, -0.25) is 0 Å². The molecule has 2 heterocycles. The Bertz CT molecular complexity index is 1000. The van der Waals surface area contributed by atoms with Crippen LogP contribution in [0.2, 0.25) is 0 Å². The number of hydrogen-bond acceptors (Lipinski definition) is 4. The van der Waals surface area contributed by atoms with Crippen LogP contribution in [0.5, 0.6) is 5.75 Å². The van der Waals surface area contributed by atoms with Crippen molar-refractivity contribution in [3.8, 4) is 11.4 Å². The largest absolute Gasteiger partial charge is 0.497 e. The van der Waals surface area contributed by atoms with Crippen molar-refractivity contribution < 1.29 is 14.5 Å². The Morgan fingerprint density at radius 2 is 1.66 bits per heavy atom. The molecule has 1 aliphatic heterocycles. The van der Waals surface area contributed by atoms with Gasteiger partial charge in [0.1, 0.15) is 38.5 Å². The summed E-state index contributed by atoms with van der Waals surface area (Å²) in [6.45, 7) is 8.59. The summed E-state index contributed by atoms with van der Waals surface area (Å²) >= 11 is 5.61. The molecule has 1 aliphatic rings. The molecule has 4 rings (SSSR count). The normalized spacial score (nSPS) is 19.2. The molecular formula is C21H28N6OS+2. The molecule has 2 aromatic carbocycles. The molecule has 0 amide bonds. The van der Waals surface area contributed by atoms with E-state index < -0.39 is 0 Å². The number of tetrazole rings is 1. The number of aromatic nitrogens is 4. The van der Waals surface area contributed by atoms with E-state index in [-0.39, 0.29) is 0 Å². The van der Waals surface area contributed by atoms with Gasteiger partial charge in [-0.1, -0.05) is 24.3 Å². The summed E-state index contributed by atoms with van der Waals surface area (Å²) in [7, 11) is 1.65. The number of nitrogens with one attached hydrogen (secondary N) is 2. The van der Waals surface area contributed by atoms with E-state index in [4.69, 9.17) is 17.0 Å². The molecule has 0 atom stereocenters. The van der Waals surface area contributed by atoms with Crippen LogP contribution in [0.4, 0.5) is 0 Å². The fourth-order valence-electron chi connectivity index (χ4n) is 3.84.